The first kappa shape index (κ1) is 16.2. The number of aliphatic hydroxyl groups excluding tert-OH is 1. The molecule has 0 bridgehead atoms. The highest BCUT2D eigenvalue weighted by molar-refractivity contribution is 5.82. The van der Waals surface area contributed by atoms with Crippen molar-refractivity contribution in [2.75, 3.05) is 18.0 Å². The van der Waals surface area contributed by atoms with Gasteiger partial charge in [-0.05, 0) is 50.3 Å². The lowest BCUT2D eigenvalue weighted by Crippen LogP contribution is -2.37. The van der Waals surface area contributed by atoms with Gasteiger partial charge in [0.2, 0.25) is 5.91 Å². The molecule has 1 aromatic rings. The predicted octanol–water partition coefficient (Wildman–Crippen LogP) is 2.62. The monoisotopic (exact) mass is 320 g/mol. The fraction of sp³-hybridized carbons (Fsp3) is 0.611. The number of nitrogens with one attached hydrogen (secondary N) is 1. The van der Waals surface area contributed by atoms with Crippen LogP contribution in [0.15, 0.2) is 18.2 Å². The van der Waals surface area contributed by atoms with Crippen LogP contribution in [0, 0.1) is 17.7 Å². The average Bonchev–Trinajstić information content (AvgIpc) is 3.25. The van der Waals surface area contributed by atoms with Crippen LogP contribution in [-0.2, 0) is 4.79 Å². The maximum absolute atomic E-state index is 13.7. The van der Waals surface area contributed by atoms with Gasteiger partial charge in [-0.2, -0.15) is 0 Å². The molecule has 126 valence electrons. The van der Waals surface area contributed by atoms with E-state index in [1.54, 1.807) is 6.07 Å². The number of carbonyl (C=O) groups is 1. The van der Waals surface area contributed by atoms with Crippen LogP contribution >= 0.6 is 0 Å². The molecular weight excluding hydrogens is 295 g/mol. The quantitative estimate of drug-likeness (QED) is 0.897. The topological polar surface area (TPSA) is 52.6 Å². The third-order valence-corrected chi connectivity index (χ3v) is 5.07. The molecule has 5 heteroatoms. The second kappa shape index (κ2) is 6.48. The molecule has 1 saturated carbocycles. The number of hydrogen-bond acceptors (Lipinski definition) is 3. The molecule has 1 aliphatic carbocycles. The van der Waals surface area contributed by atoms with Crippen molar-refractivity contribution in [3.05, 3.63) is 29.6 Å². The first-order chi connectivity index (χ1) is 11.0. The van der Waals surface area contributed by atoms with Crippen molar-refractivity contribution in [2.45, 2.75) is 45.3 Å². The lowest BCUT2D eigenvalue weighted by atomic mass is 10.0. The molecular formula is C18H25FN2O2. The third-order valence-electron chi connectivity index (χ3n) is 5.07. The smallest absolute Gasteiger partial charge is 0.223 e. The van der Waals surface area contributed by atoms with Gasteiger partial charge in [0.15, 0.2) is 0 Å². The largest absolute Gasteiger partial charge is 0.393 e. The number of rotatable bonds is 4. The number of hydrogen-bond donors (Lipinski definition) is 2. The molecule has 0 aromatic heterocycles. The van der Waals surface area contributed by atoms with Gasteiger partial charge in [0.1, 0.15) is 5.82 Å². The summed E-state index contributed by atoms with van der Waals surface area (Å²) in [5.74, 6) is 0.341. The number of piperidine rings is 1. The summed E-state index contributed by atoms with van der Waals surface area (Å²) in [6, 6.07) is 4.53. The van der Waals surface area contributed by atoms with Gasteiger partial charge in [-0.3, -0.25) is 4.79 Å². The van der Waals surface area contributed by atoms with E-state index in [4.69, 9.17) is 0 Å². The van der Waals surface area contributed by atoms with Crippen LogP contribution in [-0.4, -0.2) is 30.2 Å². The number of aliphatic hydroxyl groups is 1. The highest BCUT2D eigenvalue weighted by Crippen LogP contribution is 2.38. The Morgan fingerprint density at radius 1 is 1.39 bits per heavy atom. The van der Waals surface area contributed by atoms with Crippen LogP contribution in [0.25, 0.3) is 0 Å². The van der Waals surface area contributed by atoms with Crippen molar-refractivity contribution in [3.63, 3.8) is 0 Å². The number of halogens is 1. The van der Waals surface area contributed by atoms with Crippen molar-refractivity contribution in [3.8, 4) is 0 Å². The van der Waals surface area contributed by atoms with Gasteiger partial charge >= 0.3 is 0 Å². The van der Waals surface area contributed by atoms with Crippen LogP contribution in [0.5, 0.6) is 0 Å². The molecule has 1 aliphatic heterocycles. The van der Waals surface area contributed by atoms with Gasteiger partial charge < -0.3 is 15.3 Å². The molecule has 3 rings (SSSR count). The van der Waals surface area contributed by atoms with Crippen LogP contribution in [0.2, 0.25) is 0 Å². The summed E-state index contributed by atoms with van der Waals surface area (Å²) in [7, 11) is 0. The molecule has 2 fully saturated rings. The van der Waals surface area contributed by atoms with Crippen LogP contribution in [0.4, 0.5) is 10.1 Å². The SMILES string of the molecule is CC(NC(=O)C1CC1C)c1cc(F)ccc1N1CCC(O)CC1. The minimum atomic E-state index is -0.290. The molecule has 1 aromatic carbocycles. The first-order valence-corrected chi connectivity index (χ1v) is 8.48. The van der Waals surface area contributed by atoms with Gasteiger partial charge in [0.05, 0.1) is 12.1 Å². The maximum atomic E-state index is 13.7. The molecule has 3 atom stereocenters. The molecule has 2 aliphatic rings. The van der Waals surface area contributed by atoms with Crippen LogP contribution in [0.1, 0.15) is 44.7 Å². The standard InChI is InChI=1S/C18H25FN2O2/c1-11-9-15(11)18(23)20-12(2)16-10-13(19)3-4-17(16)21-7-5-14(22)6-8-21/h3-4,10-12,14-15,22H,5-9H2,1-2H3,(H,20,23). The lowest BCUT2D eigenvalue weighted by molar-refractivity contribution is -0.123. The summed E-state index contributed by atoms with van der Waals surface area (Å²) >= 11 is 0. The molecule has 0 spiro atoms. The van der Waals surface area contributed by atoms with Gasteiger partial charge in [-0.1, -0.05) is 6.92 Å². The Morgan fingerprint density at radius 2 is 2.04 bits per heavy atom. The minimum Gasteiger partial charge on any atom is -0.393 e. The number of amides is 1. The van der Waals surface area contributed by atoms with E-state index in [9.17, 15) is 14.3 Å². The van der Waals surface area contributed by atoms with Crippen LogP contribution < -0.4 is 10.2 Å². The molecule has 3 unspecified atom stereocenters. The summed E-state index contributed by atoms with van der Waals surface area (Å²) in [6.45, 7) is 5.48. The normalized spacial score (nSPS) is 26.0. The summed E-state index contributed by atoms with van der Waals surface area (Å²) in [5.41, 5.74) is 1.76. The van der Waals surface area contributed by atoms with E-state index in [1.807, 2.05) is 6.92 Å². The van der Waals surface area contributed by atoms with Gasteiger partial charge in [0, 0.05) is 30.3 Å². The Balaban J connectivity index is 1.76. The lowest BCUT2D eigenvalue weighted by Gasteiger charge is -2.34. The Bertz CT molecular complexity index is 584. The second-order valence-corrected chi connectivity index (χ2v) is 6.97. The maximum Gasteiger partial charge on any atom is 0.223 e. The van der Waals surface area contributed by atoms with Gasteiger partial charge in [0.25, 0.3) is 0 Å². The molecule has 1 amide bonds. The zero-order valence-corrected chi connectivity index (χ0v) is 13.8. The molecule has 1 saturated heterocycles. The Labute approximate surface area is 136 Å². The second-order valence-electron chi connectivity index (χ2n) is 6.97. The molecule has 23 heavy (non-hydrogen) atoms. The van der Waals surface area contributed by atoms with Crippen molar-refractivity contribution in [1.82, 2.24) is 5.32 Å². The zero-order chi connectivity index (χ0) is 16.6. The predicted molar refractivity (Wildman–Crippen MR) is 87.7 cm³/mol. The number of benzene rings is 1. The van der Waals surface area contributed by atoms with Gasteiger partial charge in [-0.15, -0.1) is 0 Å². The fourth-order valence-corrected chi connectivity index (χ4v) is 3.35. The summed E-state index contributed by atoms with van der Waals surface area (Å²) < 4.78 is 13.7. The summed E-state index contributed by atoms with van der Waals surface area (Å²) in [5, 5.41) is 12.7. The van der Waals surface area contributed by atoms with E-state index in [0.717, 1.165) is 43.6 Å². The average molecular weight is 320 g/mol. The molecule has 0 radical (unpaired) electrons. The van der Waals surface area contributed by atoms with E-state index in [2.05, 4.69) is 17.1 Å². The van der Waals surface area contributed by atoms with E-state index < -0.39 is 0 Å². The van der Waals surface area contributed by atoms with Crippen molar-refractivity contribution in [2.24, 2.45) is 11.8 Å². The first-order valence-electron chi connectivity index (χ1n) is 8.48. The molecule has 4 nitrogen and oxygen atoms in total. The Hall–Kier alpha value is -1.62. The van der Waals surface area contributed by atoms with E-state index in [1.165, 1.54) is 12.1 Å². The van der Waals surface area contributed by atoms with Crippen LogP contribution in [0.3, 0.4) is 0 Å². The zero-order valence-electron chi connectivity index (χ0n) is 13.8. The number of anilines is 1. The Kier molecular flexibility index (Phi) is 4.57. The molecule has 1 heterocycles. The minimum absolute atomic E-state index is 0.0641. The fourth-order valence-electron chi connectivity index (χ4n) is 3.35. The van der Waals surface area contributed by atoms with Gasteiger partial charge in [-0.25, -0.2) is 4.39 Å². The van der Waals surface area contributed by atoms with E-state index in [-0.39, 0.29) is 29.8 Å². The van der Waals surface area contributed by atoms with Crippen molar-refractivity contribution >= 4 is 11.6 Å². The summed E-state index contributed by atoms with van der Waals surface area (Å²) in [4.78, 5) is 14.3. The Morgan fingerprint density at radius 3 is 2.65 bits per heavy atom. The highest BCUT2D eigenvalue weighted by atomic mass is 19.1. The summed E-state index contributed by atoms with van der Waals surface area (Å²) in [6.07, 6.45) is 2.14. The third kappa shape index (κ3) is 3.66. The number of nitrogens with zero attached hydrogens (tertiary/aromatic N) is 1. The number of carbonyl (C=O) groups excluding carboxylic acids is 1. The molecule has 2 N–H and O–H groups in total. The van der Waals surface area contributed by atoms with E-state index in [0.29, 0.717) is 5.92 Å². The van der Waals surface area contributed by atoms with Crippen molar-refractivity contribution in [1.29, 1.82) is 0 Å². The van der Waals surface area contributed by atoms with Crippen molar-refractivity contribution < 1.29 is 14.3 Å². The van der Waals surface area contributed by atoms with E-state index >= 15 is 0 Å². The highest BCUT2D eigenvalue weighted by Gasteiger charge is 2.39.